The largest absolute Gasteiger partial charge is 1.00 e. The second-order valence-electron chi connectivity index (χ2n) is 6.78. The molecule has 0 saturated heterocycles. The summed E-state index contributed by atoms with van der Waals surface area (Å²) in [6.07, 6.45) is 2.13. The molecule has 0 saturated carbocycles. The molecule has 106 valence electrons. The fraction of sp³-hybridized carbons (Fsp3) is 0.588. The van der Waals surface area contributed by atoms with E-state index >= 15 is 0 Å². The zero-order chi connectivity index (χ0) is 14.6. The van der Waals surface area contributed by atoms with E-state index in [1.807, 2.05) is 32.0 Å². The van der Waals surface area contributed by atoms with Gasteiger partial charge in [0.2, 0.25) is 0 Å². The molecular weight excluding hydrogens is 258 g/mol. The molecule has 0 spiro atoms. The number of carbonyl (C=O) groups is 1. The van der Waals surface area contributed by atoms with Gasteiger partial charge in [-0.15, -0.1) is 0 Å². The first-order valence-corrected chi connectivity index (χ1v) is 8.07. The van der Waals surface area contributed by atoms with Crippen LogP contribution in [0, 0.1) is 25.2 Å². The Balaban J connectivity index is 0.00000361. The molecule has 1 rings (SSSR count). The van der Waals surface area contributed by atoms with Gasteiger partial charge in [0.25, 0.3) is 0 Å². The molecule has 1 nitrogen and oxygen atoms in total. The van der Waals surface area contributed by atoms with E-state index in [0.29, 0.717) is 11.3 Å². The third-order valence-corrected chi connectivity index (χ3v) is 4.52. The molecule has 1 aromatic carbocycles. The van der Waals surface area contributed by atoms with Crippen LogP contribution in [-0.2, 0) is 0 Å². The van der Waals surface area contributed by atoms with Gasteiger partial charge in [0.15, 0.2) is 0 Å². The Bertz CT molecular complexity index is 429. The Morgan fingerprint density at radius 3 is 2.15 bits per heavy atom. The van der Waals surface area contributed by atoms with Crippen molar-refractivity contribution in [1.82, 2.24) is 0 Å². The van der Waals surface area contributed by atoms with Gasteiger partial charge in [-0.25, -0.2) is 0 Å². The molecule has 0 N–H and O–H groups in total. The predicted octanol–water partition coefficient (Wildman–Crippen LogP) is 2.47. The minimum absolute atomic E-state index is 0. The van der Waals surface area contributed by atoms with Crippen molar-refractivity contribution >= 4 is 14.1 Å². The smallest absolute Gasteiger partial charge is 0.459 e. The molecule has 1 unspecified atom stereocenters. The van der Waals surface area contributed by atoms with Crippen molar-refractivity contribution in [2.45, 2.75) is 48.0 Å². The number of aryl methyl sites for hydroxylation is 2. The fourth-order valence-corrected chi connectivity index (χ4v) is 3.70. The van der Waals surface area contributed by atoms with Gasteiger partial charge in [0.1, 0.15) is 0 Å². The molecule has 20 heavy (non-hydrogen) atoms. The summed E-state index contributed by atoms with van der Waals surface area (Å²) in [5.41, 5.74) is 3.74. The van der Waals surface area contributed by atoms with Crippen molar-refractivity contribution in [3.05, 3.63) is 34.9 Å². The van der Waals surface area contributed by atoms with Crippen molar-refractivity contribution in [2.24, 2.45) is 11.3 Å². The normalized spacial score (nSPS) is 13.3. The third kappa shape index (κ3) is 6.58. The summed E-state index contributed by atoms with van der Waals surface area (Å²) >= 11 is 0. The van der Waals surface area contributed by atoms with Crippen LogP contribution in [0.4, 0.5) is 0 Å². The summed E-state index contributed by atoms with van der Waals surface area (Å²) in [6.45, 7) is 13.1. The van der Waals surface area contributed by atoms with E-state index in [0.717, 1.165) is 31.4 Å². The van der Waals surface area contributed by atoms with Gasteiger partial charge < -0.3 is 13.4 Å². The van der Waals surface area contributed by atoms with Gasteiger partial charge in [-0.3, -0.25) is 0 Å². The molecular formula is C17H26LiOP. The van der Waals surface area contributed by atoms with Crippen LogP contribution >= 0.6 is 8.58 Å². The maximum atomic E-state index is 12.3. The third-order valence-electron chi connectivity index (χ3n) is 3.20. The predicted molar refractivity (Wildman–Crippen MR) is 85.3 cm³/mol. The van der Waals surface area contributed by atoms with Crippen LogP contribution in [0.15, 0.2) is 18.2 Å². The van der Waals surface area contributed by atoms with Gasteiger partial charge in [-0.2, -0.15) is 6.16 Å². The van der Waals surface area contributed by atoms with Crippen molar-refractivity contribution in [1.29, 1.82) is 0 Å². The van der Waals surface area contributed by atoms with Crippen molar-refractivity contribution in [2.75, 3.05) is 6.16 Å². The number of rotatable bonds is 5. The topological polar surface area (TPSA) is 17.1 Å². The molecule has 0 aromatic heterocycles. The average molecular weight is 284 g/mol. The van der Waals surface area contributed by atoms with Crippen LogP contribution in [0.3, 0.4) is 0 Å². The molecule has 3 heteroatoms. The number of hydrogen-bond donors (Lipinski definition) is 0. The quantitative estimate of drug-likeness (QED) is 0.599. The Kier molecular flexibility index (Phi) is 8.35. The van der Waals surface area contributed by atoms with Crippen LogP contribution in [0.5, 0.6) is 0 Å². The molecule has 0 heterocycles. The van der Waals surface area contributed by atoms with E-state index < -0.39 is 0 Å². The van der Waals surface area contributed by atoms with E-state index in [2.05, 4.69) is 27.7 Å². The van der Waals surface area contributed by atoms with Crippen LogP contribution in [0.2, 0.25) is 0 Å². The summed E-state index contributed by atoms with van der Waals surface area (Å²) in [5.74, 6) is 0.593. The maximum absolute atomic E-state index is 12.3. The van der Waals surface area contributed by atoms with Crippen LogP contribution in [-0.4, -0.2) is 11.7 Å². The van der Waals surface area contributed by atoms with E-state index in [1.165, 1.54) is 6.42 Å². The van der Waals surface area contributed by atoms with Gasteiger partial charge in [0.05, 0.1) is 0 Å². The van der Waals surface area contributed by atoms with Gasteiger partial charge in [-0.1, -0.05) is 51.8 Å². The number of carbonyl (C=O) groups excluding carboxylic acids is 1. The molecule has 0 aliphatic rings. The second kappa shape index (κ2) is 8.38. The molecule has 0 fully saturated rings. The first-order valence-electron chi connectivity index (χ1n) is 6.99. The Morgan fingerprint density at radius 2 is 1.70 bits per heavy atom. The van der Waals surface area contributed by atoms with Crippen molar-refractivity contribution < 1.29 is 23.7 Å². The molecule has 0 aliphatic carbocycles. The minimum atomic E-state index is 0. The summed E-state index contributed by atoms with van der Waals surface area (Å²) in [5, 5.41) is 0. The molecule has 0 aliphatic heterocycles. The van der Waals surface area contributed by atoms with Crippen LogP contribution in [0.1, 0.15) is 55.6 Å². The van der Waals surface area contributed by atoms with E-state index in [4.69, 9.17) is 0 Å². The summed E-state index contributed by atoms with van der Waals surface area (Å²) in [4.78, 5) is 12.3. The van der Waals surface area contributed by atoms with Crippen LogP contribution < -0.4 is 18.9 Å². The molecule has 1 atom stereocenters. The van der Waals surface area contributed by atoms with E-state index in [1.54, 1.807) is 0 Å². The minimum Gasteiger partial charge on any atom is -0.459 e. The SMILES string of the molecule is Cc1cccc(C)c1C(=O)[P-]CC(C)CC(C)(C)C.[Li+]. The van der Waals surface area contributed by atoms with Crippen LogP contribution in [0.25, 0.3) is 0 Å². The summed E-state index contributed by atoms with van der Waals surface area (Å²) in [6, 6.07) is 6.06. The maximum Gasteiger partial charge on any atom is 1.00 e. The summed E-state index contributed by atoms with van der Waals surface area (Å²) < 4.78 is 0. The fourth-order valence-electron chi connectivity index (χ4n) is 2.58. The zero-order valence-corrected chi connectivity index (χ0v) is 15.0. The first kappa shape index (κ1) is 19.9. The van der Waals surface area contributed by atoms with Gasteiger partial charge in [0, 0.05) is 5.52 Å². The molecule has 0 amide bonds. The second-order valence-corrected chi connectivity index (χ2v) is 7.87. The Labute approximate surface area is 138 Å². The molecule has 0 radical (unpaired) electrons. The zero-order valence-electron chi connectivity index (χ0n) is 14.1. The average Bonchev–Trinajstić information content (AvgIpc) is 2.23. The van der Waals surface area contributed by atoms with Gasteiger partial charge >= 0.3 is 18.9 Å². The van der Waals surface area contributed by atoms with E-state index in [9.17, 15) is 4.79 Å². The monoisotopic (exact) mass is 284 g/mol. The van der Waals surface area contributed by atoms with Gasteiger partial charge in [-0.05, 0) is 42.4 Å². The van der Waals surface area contributed by atoms with E-state index in [-0.39, 0.29) is 24.4 Å². The Morgan fingerprint density at radius 1 is 1.20 bits per heavy atom. The molecule has 0 bridgehead atoms. The number of benzene rings is 1. The van der Waals surface area contributed by atoms with Crippen molar-refractivity contribution in [3.8, 4) is 0 Å². The standard InChI is InChI=1S/C17H26OP.Li/c1-12(10-17(4,5)6)11-19-16(18)15-13(2)8-7-9-14(15)3;/h7-9,12H,10-11H2,1-6H3;/q-1;+1. The number of hydrogen-bond acceptors (Lipinski definition) is 1. The van der Waals surface area contributed by atoms with Crippen molar-refractivity contribution in [3.63, 3.8) is 0 Å². The Hall–Kier alpha value is -0.0826. The summed E-state index contributed by atoms with van der Waals surface area (Å²) in [7, 11) is 0.936. The first-order chi connectivity index (χ1) is 8.70. The molecule has 1 aromatic rings.